The van der Waals surface area contributed by atoms with Gasteiger partial charge < -0.3 is 20.1 Å². The van der Waals surface area contributed by atoms with Crippen LogP contribution in [0.3, 0.4) is 0 Å². The van der Waals surface area contributed by atoms with Crippen molar-refractivity contribution in [3.05, 3.63) is 29.8 Å². The highest BCUT2D eigenvalue weighted by molar-refractivity contribution is 5.94. The highest BCUT2D eigenvalue weighted by Gasteiger charge is 2.27. The zero-order chi connectivity index (χ0) is 17.7. The first-order valence-electron chi connectivity index (χ1n) is 8.32. The van der Waals surface area contributed by atoms with Crippen molar-refractivity contribution in [1.82, 2.24) is 10.2 Å². The van der Waals surface area contributed by atoms with E-state index in [1.54, 1.807) is 17.0 Å². The second-order valence-electron chi connectivity index (χ2n) is 7.14. The molecule has 132 valence electrons. The van der Waals surface area contributed by atoms with Gasteiger partial charge in [0.1, 0.15) is 11.4 Å². The highest BCUT2D eigenvalue weighted by atomic mass is 16.6. The Bertz CT molecular complexity index is 578. The van der Waals surface area contributed by atoms with Crippen molar-refractivity contribution in [3.8, 4) is 5.75 Å². The van der Waals surface area contributed by atoms with Gasteiger partial charge in [-0.25, -0.2) is 4.79 Å². The van der Waals surface area contributed by atoms with E-state index >= 15 is 0 Å². The number of carbonyl (C=O) groups is 2. The number of phenols is 1. The minimum absolute atomic E-state index is 0.110. The van der Waals surface area contributed by atoms with E-state index in [1.165, 1.54) is 12.1 Å². The maximum Gasteiger partial charge on any atom is 0.410 e. The van der Waals surface area contributed by atoms with Crippen LogP contribution < -0.4 is 5.32 Å². The average Bonchev–Trinajstić information content (AvgIpc) is 2.72. The molecule has 2 amide bonds. The fourth-order valence-corrected chi connectivity index (χ4v) is 2.63. The Morgan fingerprint density at radius 3 is 2.50 bits per heavy atom. The third-order valence-corrected chi connectivity index (χ3v) is 3.79. The van der Waals surface area contributed by atoms with Crippen LogP contribution in [0.2, 0.25) is 0 Å². The summed E-state index contributed by atoms with van der Waals surface area (Å²) in [5, 5.41) is 12.3. The average molecular weight is 334 g/mol. The topological polar surface area (TPSA) is 78.9 Å². The molecule has 2 rings (SSSR count). The molecule has 1 aliphatic heterocycles. The Morgan fingerprint density at radius 2 is 1.88 bits per heavy atom. The summed E-state index contributed by atoms with van der Waals surface area (Å²) in [5.74, 6) is -0.0804. The Kier molecular flexibility index (Phi) is 5.70. The van der Waals surface area contributed by atoms with Crippen LogP contribution in [-0.2, 0) is 4.74 Å². The molecule has 1 fully saturated rings. The zero-order valence-electron chi connectivity index (χ0n) is 14.5. The molecule has 2 N–H and O–H groups in total. The summed E-state index contributed by atoms with van der Waals surface area (Å²) < 4.78 is 5.43. The normalized spacial score (nSPS) is 18.6. The molecule has 0 aliphatic carbocycles. The zero-order valence-corrected chi connectivity index (χ0v) is 14.5. The molecule has 0 aromatic heterocycles. The number of hydrogen-bond acceptors (Lipinski definition) is 4. The van der Waals surface area contributed by atoms with Gasteiger partial charge >= 0.3 is 6.09 Å². The lowest BCUT2D eigenvalue weighted by atomic mass is 10.1. The molecule has 0 saturated carbocycles. The number of rotatable bonds is 2. The van der Waals surface area contributed by atoms with Crippen LogP contribution in [0.1, 0.15) is 50.4 Å². The molecule has 24 heavy (non-hydrogen) atoms. The Hall–Kier alpha value is -2.24. The van der Waals surface area contributed by atoms with Gasteiger partial charge in [-0.3, -0.25) is 4.79 Å². The molecule has 1 aromatic carbocycles. The number of aromatic hydroxyl groups is 1. The smallest absolute Gasteiger partial charge is 0.410 e. The van der Waals surface area contributed by atoms with Crippen molar-refractivity contribution in [2.45, 2.75) is 51.7 Å². The summed E-state index contributed by atoms with van der Waals surface area (Å²) in [4.78, 5) is 26.2. The summed E-state index contributed by atoms with van der Waals surface area (Å²) in [5.41, 5.74) is -0.0466. The Morgan fingerprint density at radius 1 is 1.21 bits per heavy atom. The van der Waals surface area contributed by atoms with E-state index < -0.39 is 5.60 Å². The molecule has 0 bridgehead atoms. The molecule has 1 aromatic rings. The van der Waals surface area contributed by atoms with E-state index in [0.29, 0.717) is 18.7 Å². The number of amides is 2. The lowest BCUT2D eigenvalue weighted by Crippen LogP contribution is -2.46. The van der Waals surface area contributed by atoms with Gasteiger partial charge in [-0.1, -0.05) is 0 Å². The molecular formula is C18H26N2O4. The summed E-state index contributed by atoms with van der Waals surface area (Å²) in [6, 6.07) is 6.01. The van der Waals surface area contributed by atoms with Gasteiger partial charge in [0.2, 0.25) is 0 Å². The largest absolute Gasteiger partial charge is 0.508 e. The minimum atomic E-state index is -0.534. The molecule has 1 aliphatic rings. The number of nitrogens with one attached hydrogen (secondary N) is 1. The summed E-state index contributed by atoms with van der Waals surface area (Å²) in [7, 11) is 0. The minimum Gasteiger partial charge on any atom is -0.508 e. The van der Waals surface area contributed by atoms with Crippen LogP contribution in [0.25, 0.3) is 0 Å². The molecule has 0 radical (unpaired) electrons. The van der Waals surface area contributed by atoms with Crippen LogP contribution in [0.4, 0.5) is 4.79 Å². The molecule has 1 atom stereocenters. The standard InChI is InChI=1S/C18H26N2O4/c1-18(2,3)24-17(23)20-11-5-4-6-14(12-20)19-16(22)13-7-9-15(21)10-8-13/h7-10,14,21H,4-6,11-12H2,1-3H3,(H,19,22). The molecular weight excluding hydrogens is 308 g/mol. The lowest BCUT2D eigenvalue weighted by molar-refractivity contribution is 0.0242. The molecule has 1 heterocycles. The van der Waals surface area contributed by atoms with E-state index in [-0.39, 0.29) is 23.8 Å². The molecule has 1 saturated heterocycles. The number of benzene rings is 1. The number of ether oxygens (including phenoxy) is 1. The SMILES string of the molecule is CC(C)(C)OC(=O)N1CCCCC(NC(=O)c2ccc(O)cc2)C1. The predicted molar refractivity (Wildman–Crippen MR) is 91.0 cm³/mol. The highest BCUT2D eigenvalue weighted by Crippen LogP contribution is 2.16. The van der Waals surface area contributed by atoms with Crippen molar-refractivity contribution < 1.29 is 19.4 Å². The van der Waals surface area contributed by atoms with Crippen molar-refractivity contribution in [1.29, 1.82) is 0 Å². The molecule has 0 spiro atoms. The van der Waals surface area contributed by atoms with Crippen molar-refractivity contribution >= 4 is 12.0 Å². The van der Waals surface area contributed by atoms with E-state index in [9.17, 15) is 14.7 Å². The molecule has 6 heteroatoms. The van der Waals surface area contributed by atoms with Gasteiger partial charge in [0.05, 0.1) is 0 Å². The van der Waals surface area contributed by atoms with Gasteiger partial charge in [-0.2, -0.15) is 0 Å². The first kappa shape index (κ1) is 18.1. The van der Waals surface area contributed by atoms with Gasteiger partial charge in [0, 0.05) is 24.7 Å². The van der Waals surface area contributed by atoms with E-state index in [0.717, 1.165) is 19.3 Å². The first-order valence-corrected chi connectivity index (χ1v) is 8.32. The fourth-order valence-electron chi connectivity index (χ4n) is 2.63. The summed E-state index contributed by atoms with van der Waals surface area (Å²) >= 11 is 0. The number of nitrogens with zero attached hydrogens (tertiary/aromatic N) is 1. The van der Waals surface area contributed by atoms with Crippen molar-refractivity contribution in [2.75, 3.05) is 13.1 Å². The number of carbonyl (C=O) groups excluding carboxylic acids is 2. The fraction of sp³-hybridized carbons (Fsp3) is 0.556. The summed E-state index contributed by atoms with van der Waals surface area (Å²) in [6.45, 7) is 6.60. The third-order valence-electron chi connectivity index (χ3n) is 3.79. The van der Waals surface area contributed by atoms with Crippen LogP contribution in [0.5, 0.6) is 5.75 Å². The number of likely N-dealkylation sites (tertiary alicyclic amines) is 1. The first-order chi connectivity index (χ1) is 11.2. The number of hydrogen-bond donors (Lipinski definition) is 2. The lowest BCUT2D eigenvalue weighted by Gasteiger charge is -2.28. The molecule has 6 nitrogen and oxygen atoms in total. The van der Waals surface area contributed by atoms with Gasteiger partial charge in [-0.15, -0.1) is 0 Å². The van der Waals surface area contributed by atoms with Gasteiger partial charge in [0.25, 0.3) is 5.91 Å². The van der Waals surface area contributed by atoms with Crippen LogP contribution in [-0.4, -0.2) is 46.7 Å². The quantitative estimate of drug-likeness (QED) is 0.871. The van der Waals surface area contributed by atoms with E-state index in [1.807, 2.05) is 20.8 Å². The van der Waals surface area contributed by atoms with Crippen LogP contribution >= 0.6 is 0 Å². The Labute approximate surface area is 142 Å². The second kappa shape index (κ2) is 7.55. The number of phenolic OH excluding ortho intramolecular Hbond substituents is 1. The Balaban J connectivity index is 1.98. The van der Waals surface area contributed by atoms with E-state index in [4.69, 9.17) is 4.74 Å². The van der Waals surface area contributed by atoms with E-state index in [2.05, 4.69) is 5.32 Å². The second-order valence-corrected chi connectivity index (χ2v) is 7.14. The van der Waals surface area contributed by atoms with Gasteiger partial charge in [0.15, 0.2) is 0 Å². The summed E-state index contributed by atoms with van der Waals surface area (Å²) in [6.07, 6.45) is 2.32. The van der Waals surface area contributed by atoms with Crippen molar-refractivity contribution in [3.63, 3.8) is 0 Å². The maximum absolute atomic E-state index is 12.3. The third kappa shape index (κ3) is 5.44. The predicted octanol–water partition coefficient (Wildman–Crippen LogP) is 2.91. The maximum atomic E-state index is 12.3. The van der Waals surface area contributed by atoms with Crippen LogP contribution in [0, 0.1) is 0 Å². The molecule has 1 unspecified atom stereocenters. The monoisotopic (exact) mass is 334 g/mol. The van der Waals surface area contributed by atoms with Crippen LogP contribution in [0.15, 0.2) is 24.3 Å². The van der Waals surface area contributed by atoms with Crippen molar-refractivity contribution in [2.24, 2.45) is 0 Å². The van der Waals surface area contributed by atoms with Gasteiger partial charge in [-0.05, 0) is 64.3 Å².